The average molecular weight is 360 g/mol. The largest absolute Gasteiger partial charge is 0.490 e. The second kappa shape index (κ2) is 7.87. The van der Waals surface area contributed by atoms with Gasteiger partial charge in [-0.15, -0.1) is 11.3 Å². The number of amides is 1. The Morgan fingerprint density at radius 2 is 1.92 bits per heavy atom. The van der Waals surface area contributed by atoms with Gasteiger partial charge in [0.05, 0.1) is 12.1 Å². The van der Waals surface area contributed by atoms with Crippen LogP contribution in [-0.4, -0.2) is 24.1 Å². The van der Waals surface area contributed by atoms with E-state index in [1.54, 1.807) is 11.3 Å². The van der Waals surface area contributed by atoms with Gasteiger partial charge in [0.2, 0.25) is 0 Å². The number of carbonyl (C=O) groups is 1. The molecular formula is C19H24N2O3S. The lowest BCUT2D eigenvalue weighted by molar-refractivity contribution is -0.125. The second-order valence-corrected chi connectivity index (χ2v) is 7.16. The lowest BCUT2D eigenvalue weighted by Crippen LogP contribution is -2.45. The van der Waals surface area contributed by atoms with Crippen LogP contribution in [0.1, 0.15) is 43.3 Å². The molecule has 6 heteroatoms. The van der Waals surface area contributed by atoms with Crippen molar-refractivity contribution in [1.29, 1.82) is 0 Å². The van der Waals surface area contributed by atoms with Crippen LogP contribution in [-0.2, 0) is 10.3 Å². The van der Waals surface area contributed by atoms with E-state index in [-0.39, 0.29) is 18.1 Å². The molecule has 1 N–H and O–H groups in total. The van der Waals surface area contributed by atoms with Crippen molar-refractivity contribution < 1.29 is 14.3 Å². The SMILES string of the molecule is CCOc1ccccc1OCC(=O)NC1(c2nc(C)cs2)CCCC1. The molecule has 25 heavy (non-hydrogen) atoms. The van der Waals surface area contributed by atoms with Crippen LogP contribution in [0.2, 0.25) is 0 Å². The topological polar surface area (TPSA) is 60.5 Å². The molecule has 0 spiro atoms. The van der Waals surface area contributed by atoms with E-state index < -0.39 is 0 Å². The third kappa shape index (κ3) is 4.12. The molecule has 134 valence electrons. The normalized spacial score (nSPS) is 15.8. The van der Waals surface area contributed by atoms with Crippen LogP contribution in [0.5, 0.6) is 11.5 Å². The maximum atomic E-state index is 12.5. The fraction of sp³-hybridized carbons (Fsp3) is 0.474. The van der Waals surface area contributed by atoms with E-state index in [9.17, 15) is 4.79 Å². The number of ether oxygens (including phenoxy) is 2. The molecular weight excluding hydrogens is 336 g/mol. The van der Waals surface area contributed by atoms with Gasteiger partial charge < -0.3 is 14.8 Å². The predicted molar refractivity (Wildman–Crippen MR) is 98.2 cm³/mol. The van der Waals surface area contributed by atoms with E-state index in [4.69, 9.17) is 9.47 Å². The zero-order chi connectivity index (χ0) is 17.7. The van der Waals surface area contributed by atoms with Gasteiger partial charge in [-0.05, 0) is 38.8 Å². The van der Waals surface area contributed by atoms with Gasteiger partial charge in [0.15, 0.2) is 18.1 Å². The molecule has 0 aliphatic heterocycles. The van der Waals surface area contributed by atoms with Crippen molar-refractivity contribution in [1.82, 2.24) is 10.3 Å². The first-order chi connectivity index (χ1) is 12.1. The summed E-state index contributed by atoms with van der Waals surface area (Å²) in [5.74, 6) is 1.12. The number of rotatable bonds is 7. The summed E-state index contributed by atoms with van der Waals surface area (Å²) in [6.07, 6.45) is 4.07. The van der Waals surface area contributed by atoms with Crippen molar-refractivity contribution in [2.45, 2.75) is 45.1 Å². The number of aryl methyl sites for hydroxylation is 1. The first-order valence-electron chi connectivity index (χ1n) is 8.71. The van der Waals surface area contributed by atoms with E-state index in [0.29, 0.717) is 18.1 Å². The Morgan fingerprint density at radius 1 is 1.24 bits per heavy atom. The molecule has 0 saturated heterocycles. The molecule has 5 nitrogen and oxygen atoms in total. The summed E-state index contributed by atoms with van der Waals surface area (Å²) >= 11 is 1.62. The first kappa shape index (κ1) is 17.7. The maximum Gasteiger partial charge on any atom is 0.258 e. The van der Waals surface area contributed by atoms with Gasteiger partial charge in [-0.25, -0.2) is 4.98 Å². The van der Waals surface area contributed by atoms with Crippen LogP contribution in [0.4, 0.5) is 0 Å². The number of nitrogens with zero attached hydrogens (tertiary/aromatic N) is 1. The molecule has 0 atom stereocenters. The Bertz CT molecular complexity index is 723. The third-order valence-electron chi connectivity index (χ3n) is 4.37. The van der Waals surface area contributed by atoms with E-state index in [1.807, 2.05) is 43.5 Å². The Morgan fingerprint density at radius 3 is 2.52 bits per heavy atom. The van der Waals surface area contributed by atoms with Crippen molar-refractivity contribution in [2.75, 3.05) is 13.2 Å². The van der Waals surface area contributed by atoms with Crippen molar-refractivity contribution in [2.24, 2.45) is 0 Å². The van der Waals surface area contributed by atoms with Gasteiger partial charge in [0.1, 0.15) is 5.01 Å². The number of para-hydroxylation sites is 2. The fourth-order valence-corrected chi connectivity index (χ4v) is 4.25. The minimum Gasteiger partial charge on any atom is -0.490 e. The summed E-state index contributed by atoms with van der Waals surface area (Å²) in [4.78, 5) is 17.1. The number of nitrogens with one attached hydrogen (secondary N) is 1. The summed E-state index contributed by atoms with van der Waals surface area (Å²) in [6, 6.07) is 7.41. The van der Waals surface area contributed by atoms with Gasteiger partial charge in [-0.1, -0.05) is 25.0 Å². The van der Waals surface area contributed by atoms with Crippen LogP contribution in [0.15, 0.2) is 29.6 Å². The summed E-state index contributed by atoms with van der Waals surface area (Å²) in [5, 5.41) is 6.23. The minimum atomic E-state index is -0.335. The Labute approximate surface area is 152 Å². The molecule has 1 aliphatic rings. The summed E-state index contributed by atoms with van der Waals surface area (Å²) in [6.45, 7) is 4.43. The first-order valence-corrected chi connectivity index (χ1v) is 9.59. The third-order valence-corrected chi connectivity index (χ3v) is 5.54. The highest BCUT2D eigenvalue weighted by atomic mass is 32.1. The van der Waals surface area contributed by atoms with Crippen LogP contribution in [0, 0.1) is 6.92 Å². The molecule has 3 rings (SSSR count). The fourth-order valence-electron chi connectivity index (χ4n) is 3.24. The average Bonchev–Trinajstić information content (AvgIpc) is 3.24. The summed E-state index contributed by atoms with van der Waals surface area (Å²) in [7, 11) is 0. The van der Waals surface area contributed by atoms with E-state index in [1.165, 1.54) is 0 Å². The predicted octanol–water partition coefficient (Wildman–Crippen LogP) is 3.81. The molecule has 0 unspecified atom stereocenters. The molecule has 1 aromatic heterocycles. The monoisotopic (exact) mass is 360 g/mol. The summed E-state index contributed by atoms with van der Waals surface area (Å²) < 4.78 is 11.2. The number of aromatic nitrogens is 1. The molecule has 1 fully saturated rings. The molecule has 2 aromatic rings. The smallest absolute Gasteiger partial charge is 0.258 e. The highest BCUT2D eigenvalue weighted by Gasteiger charge is 2.39. The van der Waals surface area contributed by atoms with Crippen LogP contribution >= 0.6 is 11.3 Å². The van der Waals surface area contributed by atoms with Crippen molar-refractivity contribution in [3.05, 3.63) is 40.3 Å². The van der Waals surface area contributed by atoms with Crippen LogP contribution < -0.4 is 14.8 Å². The molecule has 1 aromatic carbocycles. The Balaban J connectivity index is 1.65. The summed E-state index contributed by atoms with van der Waals surface area (Å²) in [5.41, 5.74) is 0.668. The number of thiazole rings is 1. The number of hydrogen-bond acceptors (Lipinski definition) is 5. The van der Waals surface area contributed by atoms with E-state index in [0.717, 1.165) is 36.4 Å². The Kier molecular flexibility index (Phi) is 5.58. The lowest BCUT2D eigenvalue weighted by atomic mass is 9.98. The quantitative estimate of drug-likeness (QED) is 0.815. The molecule has 1 saturated carbocycles. The van der Waals surface area contributed by atoms with Crippen molar-refractivity contribution in [3.63, 3.8) is 0 Å². The standard InChI is InChI=1S/C19H24N2O3S/c1-3-23-15-8-4-5-9-16(15)24-12-17(22)21-19(10-6-7-11-19)18-20-14(2)13-25-18/h4-5,8-9,13H,3,6-7,10-12H2,1-2H3,(H,21,22). The van der Waals surface area contributed by atoms with Gasteiger partial charge in [-0.2, -0.15) is 0 Å². The number of benzene rings is 1. The number of carbonyl (C=O) groups excluding carboxylic acids is 1. The minimum absolute atomic E-state index is 0.0316. The molecule has 1 aliphatic carbocycles. The molecule has 1 amide bonds. The highest BCUT2D eigenvalue weighted by molar-refractivity contribution is 7.09. The zero-order valence-electron chi connectivity index (χ0n) is 14.7. The van der Waals surface area contributed by atoms with Crippen molar-refractivity contribution >= 4 is 17.2 Å². The second-order valence-electron chi connectivity index (χ2n) is 6.30. The highest BCUT2D eigenvalue weighted by Crippen LogP contribution is 2.40. The van der Waals surface area contributed by atoms with Crippen molar-refractivity contribution in [3.8, 4) is 11.5 Å². The van der Waals surface area contributed by atoms with E-state index in [2.05, 4.69) is 10.3 Å². The van der Waals surface area contributed by atoms with E-state index >= 15 is 0 Å². The maximum absolute atomic E-state index is 12.5. The van der Waals surface area contributed by atoms with Gasteiger partial charge in [0, 0.05) is 11.1 Å². The zero-order valence-corrected chi connectivity index (χ0v) is 15.5. The lowest BCUT2D eigenvalue weighted by Gasteiger charge is -2.28. The molecule has 0 radical (unpaired) electrons. The van der Waals surface area contributed by atoms with Crippen LogP contribution in [0.25, 0.3) is 0 Å². The molecule has 1 heterocycles. The Hall–Kier alpha value is -2.08. The molecule has 0 bridgehead atoms. The van der Waals surface area contributed by atoms with Crippen LogP contribution in [0.3, 0.4) is 0 Å². The number of hydrogen-bond donors (Lipinski definition) is 1. The van der Waals surface area contributed by atoms with Gasteiger partial charge in [-0.3, -0.25) is 4.79 Å². The van der Waals surface area contributed by atoms with Gasteiger partial charge in [0.25, 0.3) is 5.91 Å². The van der Waals surface area contributed by atoms with Gasteiger partial charge >= 0.3 is 0 Å².